The van der Waals surface area contributed by atoms with Gasteiger partial charge in [0.25, 0.3) is 5.91 Å². The molecule has 130 valence electrons. The van der Waals surface area contributed by atoms with Gasteiger partial charge in [0.1, 0.15) is 0 Å². The fourth-order valence-corrected chi connectivity index (χ4v) is 4.39. The van der Waals surface area contributed by atoms with Gasteiger partial charge in [-0.05, 0) is 37.5 Å². The summed E-state index contributed by atoms with van der Waals surface area (Å²) in [5.41, 5.74) is 1.93. The van der Waals surface area contributed by atoms with E-state index in [4.69, 9.17) is 5.11 Å². The van der Waals surface area contributed by atoms with Gasteiger partial charge in [-0.3, -0.25) is 19.3 Å². The summed E-state index contributed by atoms with van der Waals surface area (Å²) in [6.07, 6.45) is 4.92. The average Bonchev–Trinajstić information content (AvgIpc) is 2.76. The fourth-order valence-electron chi connectivity index (χ4n) is 4.39. The molecule has 3 aliphatic heterocycles. The van der Waals surface area contributed by atoms with Gasteiger partial charge >= 0.3 is 5.97 Å². The molecule has 0 aromatic heterocycles. The molecule has 0 spiro atoms. The maximum Gasteiger partial charge on any atom is 0.307 e. The second-order valence-corrected chi connectivity index (χ2v) is 8.30. The van der Waals surface area contributed by atoms with Gasteiger partial charge in [0, 0.05) is 5.57 Å². The number of piperidine rings is 1. The molecule has 5 aliphatic rings. The predicted molar refractivity (Wildman–Crippen MR) is 88.8 cm³/mol. The zero-order valence-electron chi connectivity index (χ0n) is 14.9. The van der Waals surface area contributed by atoms with E-state index in [9.17, 15) is 14.4 Å². The second kappa shape index (κ2) is 5.30. The first kappa shape index (κ1) is 16.9. The van der Waals surface area contributed by atoms with Crippen LogP contribution in [0.1, 0.15) is 41.0 Å². The monoisotopic (exact) mass is 331 g/mol. The number of imide groups is 1. The lowest BCUT2D eigenvalue weighted by Gasteiger charge is -2.35. The fraction of sp³-hybridized carbons (Fsp3) is 0.632. The minimum atomic E-state index is -0.664. The van der Waals surface area contributed by atoms with Crippen LogP contribution >= 0.6 is 0 Å². The molecule has 24 heavy (non-hydrogen) atoms. The number of allylic oxidation sites excluding steroid dienone is 2. The first-order valence-corrected chi connectivity index (χ1v) is 8.54. The first-order valence-electron chi connectivity index (χ1n) is 8.54. The van der Waals surface area contributed by atoms with E-state index >= 15 is 0 Å². The summed E-state index contributed by atoms with van der Waals surface area (Å²) < 4.78 is 0. The molecule has 2 amide bonds. The van der Waals surface area contributed by atoms with E-state index < -0.39 is 5.97 Å². The van der Waals surface area contributed by atoms with E-state index in [1.165, 1.54) is 10.5 Å². The molecule has 3 fully saturated rings. The zero-order chi connectivity index (χ0) is 18.0. The van der Waals surface area contributed by atoms with Crippen molar-refractivity contribution in [1.29, 1.82) is 0 Å². The number of amides is 2. The summed E-state index contributed by atoms with van der Waals surface area (Å²) >= 11 is 0. The summed E-state index contributed by atoms with van der Waals surface area (Å²) in [6.45, 7) is 10.1. The van der Waals surface area contributed by atoms with Crippen molar-refractivity contribution in [3.8, 4) is 0 Å². The molecule has 2 saturated heterocycles. The van der Waals surface area contributed by atoms with Crippen LogP contribution in [0.4, 0.5) is 0 Å². The number of hydrogen-bond donors (Lipinski definition) is 1. The van der Waals surface area contributed by atoms with Crippen LogP contribution in [0, 0.1) is 29.1 Å². The van der Waals surface area contributed by atoms with Crippen molar-refractivity contribution in [1.82, 2.24) is 4.90 Å². The van der Waals surface area contributed by atoms with Crippen molar-refractivity contribution in [2.24, 2.45) is 29.1 Å². The summed E-state index contributed by atoms with van der Waals surface area (Å²) in [5, 5.41) is 8.84. The van der Waals surface area contributed by atoms with Gasteiger partial charge in [0.15, 0.2) is 0 Å². The van der Waals surface area contributed by atoms with Gasteiger partial charge in [-0.2, -0.15) is 0 Å². The van der Waals surface area contributed by atoms with Crippen LogP contribution in [-0.2, 0) is 14.4 Å². The quantitative estimate of drug-likeness (QED) is 0.623. The van der Waals surface area contributed by atoms with Gasteiger partial charge < -0.3 is 5.11 Å². The smallest absolute Gasteiger partial charge is 0.307 e. The molecule has 5 nitrogen and oxygen atoms in total. The summed E-state index contributed by atoms with van der Waals surface area (Å²) in [5.74, 6) is -0.213. The predicted octanol–water partition coefficient (Wildman–Crippen LogP) is 2.63. The first-order chi connectivity index (χ1) is 11.1. The largest absolute Gasteiger partial charge is 0.481 e. The maximum atomic E-state index is 11.4. The van der Waals surface area contributed by atoms with E-state index in [0.717, 1.165) is 12.0 Å². The van der Waals surface area contributed by atoms with Crippen molar-refractivity contribution in [3.63, 3.8) is 0 Å². The lowest BCUT2D eigenvalue weighted by atomic mass is 9.79. The molecular formula is C19H25NO4. The number of carbonyl (C=O) groups is 3. The van der Waals surface area contributed by atoms with Crippen LogP contribution in [-0.4, -0.2) is 33.8 Å². The molecule has 0 aromatic rings. The Bertz CT molecular complexity index is 683. The van der Waals surface area contributed by atoms with E-state index in [2.05, 4.69) is 13.0 Å². The van der Waals surface area contributed by atoms with Crippen LogP contribution in [0.5, 0.6) is 0 Å². The van der Waals surface area contributed by atoms with Crippen molar-refractivity contribution >= 4 is 17.8 Å². The molecule has 1 saturated carbocycles. The molecule has 5 unspecified atom stereocenters. The van der Waals surface area contributed by atoms with Gasteiger partial charge in [-0.1, -0.05) is 38.5 Å². The Morgan fingerprint density at radius 3 is 2.33 bits per heavy atom. The molecule has 2 aliphatic carbocycles. The SMILES string of the molecule is CC(C)=CC1C(C(=O)O)C1(C)C.CC1CC2C(=O)N3C(=O)C2=CC13. The average molecular weight is 331 g/mol. The number of carboxylic acid groups (broad SMARTS) is 1. The van der Waals surface area contributed by atoms with Gasteiger partial charge in [0.05, 0.1) is 17.9 Å². The molecule has 5 atom stereocenters. The summed E-state index contributed by atoms with van der Waals surface area (Å²) in [4.78, 5) is 35.0. The number of nitrogens with zero attached hydrogens (tertiary/aromatic N) is 1. The third-order valence-electron chi connectivity index (χ3n) is 5.91. The standard InChI is InChI=1S/C10H16O2.C9H9NO2/c1-6(2)5-7-8(9(11)12)10(7,3)4;1-4-2-5-6-3-7(4)10(8(5)11)9(6)12/h5,7-8H,1-4H3,(H,11,12);3-5,7H,2H2,1H3. The van der Waals surface area contributed by atoms with E-state index in [1.54, 1.807) is 0 Å². The Kier molecular flexibility index (Phi) is 3.74. The Balaban J connectivity index is 0.000000141. The number of aliphatic carboxylic acids is 1. The minimum Gasteiger partial charge on any atom is -0.481 e. The van der Waals surface area contributed by atoms with Gasteiger partial charge in [-0.15, -0.1) is 0 Å². The van der Waals surface area contributed by atoms with Crippen LogP contribution in [0.2, 0.25) is 0 Å². The second-order valence-electron chi connectivity index (χ2n) is 8.30. The topological polar surface area (TPSA) is 74.7 Å². The zero-order valence-corrected chi connectivity index (χ0v) is 14.9. The van der Waals surface area contributed by atoms with E-state index in [-0.39, 0.29) is 41.0 Å². The van der Waals surface area contributed by atoms with Crippen molar-refractivity contribution in [2.45, 2.75) is 47.1 Å². The number of hydrogen-bond acceptors (Lipinski definition) is 3. The molecule has 1 N–H and O–H groups in total. The number of rotatable bonds is 2. The molecule has 5 rings (SSSR count). The Morgan fingerprint density at radius 1 is 1.33 bits per heavy atom. The highest BCUT2D eigenvalue weighted by atomic mass is 16.4. The van der Waals surface area contributed by atoms with Crippen LogP contribution in [0.3, 0.4) is 0 Å². The minimum absolute atomic E-state index is 0.0284. The Labute approximate surface area is 142 Å². The van der Waals surface area contributed by atoms with Crippen LogP contribution < -0.4 is 0 Å². The molecule has 4 bridgehead atoms. The maximum absolute atomic E-state index is 11.4. The van der Waals surface area contributed by atoms with Crippen LogP contribution in [0.15, 0.2) is 23.3 Å². The lowest BCUT2D eigenvalue weighted by molar-refractivity contribution is -0.144. The van der Waals surface area contributed by atoms with Crippen LogP contribution in [0.25, 0.3) is 0 Å². The lowest BCUT2D eigenvalue weighted by Crippen LogP contribution is -2.46. The highest BCUT2D eigenvalue weighted by molar-refractivity contribution is 6.18. The van der Waals surface area contributed by atoms with E-state index in [0.29, 0.717) is 5.92 Å². The van der Waals surface area contributed by atoms with Crippen molar-refractivity contribution < 1.29 is 19.5 Å². The number of carboxylic acids is 1. The molecule has 3 heterocycles. The summed E-state index contributed by atoms with van der Waals surface area (Å²) in [7, 11) is 0. The molecule has 5 heteroatoms. The highest BCUT2D eigenvalue weighted by Crippen LogP contribution is 2.59. The van der Waals surface area contributed by atoms with Gasteiger partial charge in [-0.25, -0.2) is 0 Å². The van der Waals surface area contributed by atoms with Crippen molar-refractivity contribution in [2.75, 3.05) is 0 Å². The summed E-state index contributed by atoms with van der Waals surface area (Å²) in [6, 6.07) is 0.0880. The number of carbonyl (C=O) groups excluding carboxylic acids is 2. The third-order valence-corrected chi connectivity index (χ3v) is 5.91. The Hall–Kier alpha value is -1.91. The van der Waals surface area contributed by atoms with Crippen molar-refractivity contribution in [3.05, 3.63) is 23.3 Å². The molecular weight excluding hydrogens is 306 g/mol. The Morgan fingerprint density at radius 2 is 1.96 bits per heavy atom. The normalized spacial score (nSPS) is 37.0. The highest BCUT2D eigenvalue weighted by Gasteiger charge is 2.60. The van der Waals surface area contributed by atoms with E-state index in [1.807, 2.05) is 33.8 Å². The third kappa shape index (κ3) is 2.33. The molecule has 0 aromatic carbocycles. The molecule has 0 radical (unpaired) electrons. The van der Waals surface area contributed by atoms with Gasteiger partial charge in [0.2, 0.25) is 5.91 Å². The number of fused-ring (bicyclic) bond motifs is 1.